The van der Waals surface area contributed by atoms with Crippen LogP contribution in [-0.2, 0) is 10.0 Å². The molecule has 0 amide bonds. The van der Waals surface area contributed by atoms with E-state index in [1.54, 1.807) is 0 Å². The zero-order valence-corrected chi connectivity index (χ0v) is 11.0. The van der Waals surface area contributed by atoms with Crippen molar-refractivity contribution in [1.29, 1.82) is 0 Å². The maximum absolute atomic E-state index is 11.5. The van der Waals surface area contributed by atoms with Crippen molar-refractivity contribution in [3.8, 4) is 0 Å². The summed E-state index contributed by atoms with van der Waals surface area (Å²) in [4.78, 5) is 0. The second-order valence-corrected chi connectivity index (χ2v) is 6.61. The first-order valence-corrected chi connectivity index (χ1v) is 7.84. The number of unbranched alkanes of at least 4 members (excludes halogenated alkanes) is 1. The number of rotatable bonds is 7. The fraction of sp³-hybridized carbons (Fsp3) is 1.00. The van der Waals surface area contributed by atoms with Crippen LogP contribution in [0, 0.1) is 5.41 Å². The molecule has 0 unspecified atom stereocenters. The second-order valence-electron chi connectivity index (χ2n) is 4.13. The Morgan fingerprint density at radius 2 is 2.07 bits per heavy atom. The molecule has 1 rings (SSSR count). The van der Waals surface area contributed by atoms with Crippen molar-refractivity contribution in [3.05, 3.63) is 0 Å². The Morgan fingerprint density at radius 1 is 1.43 bits per heavy atom. The summed E-state index contributed by atoms with van der Waals surface area (Å²) in [6, 6.07) is 0. The Hall–Kier alpha value is 0.390. The van der Waals surface area contributed by atoms with Crippen LogP contribution in [0.3, 0.4) is 0 Å². The Kier molecular flexibility index (Phi) is 4.40. The zero-order valence-electron chi connectivity index (χ0n) is 8.55. The van der Waals surface area contributed by atoms with E-state index in [-0.39, 0.29) is 11.2 Å². The van der Waals surface area contributed by atoms with Crippen LogP contribution in [0.5, 0.6) is 0 Å². The van der Waals surface area contributed by atoms with E-state index in [0.29, 0.717) is 6.54 Å². The van der Waals surface area contributed by atoms with E-state index in [0.717, 1.165) is 31.0 Å². The molecule has 14 heavy (non-hydrogen) atoms. The van der Waals surface area contributed by atoms with E-state index in [9.17, 15) is 8.42 Å². The van der Waals surface area contributed by atoms with Crippen molar-refractivity contribution in [3.63, 3.8) is 0 Å². The van der Waals surface area contributed by atoms with E-state index in [1.165, 1.54) is 0 Å². The van der Waals surface area contributed by atoms with E-state index in [1.807, 2.05) is 6.92 Å². The summed E-state index contributed by atoms with van der Waals surface area (Å²) >= 11 is 3.42. The van der Waals surface area contributed by atoms with Gasteiger partial charge in [-0.05, 0) is 24.7 Å². The number of alkyl halides is 1. The van der Waals surface area contributed by atoms with Crippen molar-refractivity contribution in [2.45, 2.75) is 32.6 Å². The van der Waals surface area contributed by atoms with Crippen LogP contribution < -0.4 is 4.72 Å². The van der Waals surface area contributed by atoms with E-state index < -0.39 is 10.0 Å². The molecular formula is C9H18BrNO2S. The van der Waals surface area contributed by atoms with Gasteiger partial charge in [0.2, 0.25) is 10.0 Å². The van der Waals surface area contributed by atoms with Gasteiger partial charge in [0, 0.05) is 11.9 Å². The molecule has 5 heteroatoms. The number of nitrogens with one attached hydrogen (secondary N) is 1. The van der Waals surface area contributed by atoms with Crippen LogP contribution >= 0.6 is 15.9 Å². The summed E-state index contributed by atoms with van der Waals surface area (Å²) < 4.78 is 25.6. The van der Waals surface area contributed by atoms with Gasteiger partial charge in [-0.15, -0.1) is 0 Å². The number of hydrogen-bond donors (Lipinski definition) is 1. The van der Waals surface area contributed by atoms with Crippen molar-refractivity contribution in [2.75, 3.05) is 17.6 Å². The molecule has 0 bridgehead atoms. The molecule has 0 aromatic rings. The SMILES string of the molecule is CCCCS(=O)(=O)NCC1(CBr)CC1. The summed E-state index contributed by atoms with van der Waals surface area (Å²) in [6.45, 7) is 2.60. The Morgan fingerprint density at radius 3 is 2.50 bits per heavy atom. The second kappa shape index (κ2) is 4.94. The largest absolute Gasteiger partial charge is 0.215 e. The highest BCUT2D eigenvalue weighted by atomic mass is 79.9. The van der Waals surface area contributed by atoms with Crippen LogP contribution in [-0.4, -0.2) is 26.0 Å². The molecule has 0 aromatic carbocycles. The third-order valence-corrected chi connectivity index (χ3v) is 5.27. The monoisotopic (exact) mass is 283 g/mol. The molecule has 1 N–H and O–H groups in total. The van der Waals surface area contributed by atoms with Gasteiger partial charge in [0.1, 0.15) is 0 Å². The molecule has 0 spiro atoms. The summed E-state index contributed by atoms with van der Waals surface area (Å²) in [6.07, 6.45) is 3.93. The van der Waals surface area contributed by atoms with Gasteiger partial charge in [0.05, 0.1) is 5.75 Å². The predicted molar refractivity (Wildman–Crippen MR) is 62.2 cm³/mol. The van der Waals surface area contributed by atoms with Crippen LogP contribution in [0.4, 0.5) is 0 Å². The first kappa shape index (κ1) is 12.5. The van der Waals surface area contributed by atoms with Crippen LogP contribution in [0.25, 0.3) is 0 Å². The van der Waals surface area contributed by atoms with Gasteiger partial charge in [-0.2, -0.15) is 0 Å². The van der Waals surface area contributed by atoms with Gasteiger partial charge < -0.3 is 0 Å². The van der Waals surface area contributed by atoms with E-state index in [2.05, 4.69) is 20.7 Å². The molecular weight excluding hydrogens is 266 g/mol. The number of hydrogen-bond acceptors (Lipinski definition) is 2. The lowest BCUT2D eigenvalue weighted by molar-refractivity contribution is 0.536. The summed E-state index contributed by atoms with van der Waals surface area (Å²) in [5.74, 6) is 0.266. The summed E-state index contributed by atoms with van der Waals surface area (Å²) in [5, 5.41) is 0.899. The lowest BCUT2D eigenvalue weighted by Gasteiger charge is -2.12. The average Bonchev–Trinajstić information content (AvgIpc) is 2.93. The first-order valence-electron chi connectivity index (χ1n) is 5.07. The third kappa shape index (κ3) is 3.87. The molecule has 1 aliphatic rings. The van der Waals surface area contributed by atoms with Crippen molar-refractivity contribution in [2.24, 2.45) is 5.41 Å². The van der Waals surface area contributed by atoms with E-state index >= 15 is 0 Å². The molecule has 1 aliphatic carbocycles. The summed E-state index contributed by atoms with van der Waals surface area (Å²) in [7, 11) is -3.02. The fourth-order valence-electron chi connectivity index (χ4n) is 1.20. The van der Waals surface area contributed by atoms with Gasteiger partial charge >= 0.3 is 0 Å². The molecule has 0 radical (unpaired) electrons. The van der Waals surface area contributed by atoms with Crippen LogP contribution in [0.1, 0.15) is 32.6 Å². The zero-order chi connectivity index (χ0) is 10.7. The molecule has 0 aromatic heterocycles. The Balaban J connectivity index is 2.29. The summed E-state index contributed by atoms with van der Waals surface area (Å²) in [5.41, 5.74) is 0.222. The maximum Gasteiger partial charge on any atom is 0.211 e. The van der Waals surface area contributed by atoms with Gasteiger partial charge in [-0.25, -0.2) is 13.1 Å². The minimum absolute atomic E-state index is 0.222. The highest BCUT2D eigenvalue weighted by molar-refractivity contribution is 9.09. The lowest BCUT2D eigenvalue weighted by Crippen LogP contribution is -2.32. The quantitative estimate of drug-likeness (QED) is 0.726. The fourth-order valence-corrected chi connectivity index (χ4v) is 3.30. The number of sulfonamides is 1. The van der Waals surface area contributed by atoms with Crippen LogP contribution in [0.2, 0.25) is 0 Å². The number of halogens is 1. The normalized spacial score (nSPS) is 19.6. The van der Waals surface area contributed by atoms with Gasteiger partial charge in [-0.1, -0.05) is 29.3 Å². The molecule has 3 nitrogen and oxygen atoms in total. The standard InChI is InChI=1S/C9H18BrNO2S/c1-2-3-6-14(12,13)11-8-9(7-10)4-5-9/h11H,2-8H2,1H3. The van der Waals surface area contributed by atoms with Gasteiger partial charge in [0.15, 0.2) is 0 Å². The topological polar surface area (TPSA) is 46.2 Å². The van der Waals surface area contributed by atoms with E-state index in [4.69, 9.17) is 0 Å². The smallest absolute Gasteiger partial charge is 0.211 e. The minimum Gasteiger partial charge on any atom is -0.215 e. The van der Waals surface area contributed by atoms with Gasteiger partial charge in [-0.3, -0.25) is 0 Å². The molecule has 1 fully saturated rings. The third-order valence-electron chi connectivity index (χ3n) is 2.67. The minimum atomic E-state index is -3.02. The van der Waals surface area contributed by atoms with Gasteiger partial charge in [0.25, 0.3) is 0 Å². The van der Waals surface area contributed by atoms with Crippen molar-refractivity contribution >= 4 is 26.0 Å². The highest BCUT2D eigenvalue weighted by Crippen LogP contribution is 2.46. The maximum atomic E-state index is 11.5. The molecule has 0 heterocycles. The Bertz CT molecular complexity index is 273. The highest BCUT2D eigenvalue weighted by Gasteiger charge is 2.41. The molecule has 0 atom stereocenters. The first-order chi connectivity index (χ1) is 6.54. The lowest BCUT2D eigenvalue weighted by atomic mass is 10.1. The molecule has 1 saturated carbocycles. The predicted octanol–water partition coefficient (Wildman–Crippen LogP) is 1.88. The molecule has 84 valence electrons. The van der Waals surface area contributed by atoms with Crippen molar-refractivity contribution < 1.29 is 8.42 Å². The Labute approximate surface area is 94.8 Å². The van der Waals surface area contributed by atoms with Crippen LogP contribution in [0.15, 0.2) is 0 Å². The van der Waals surface area contributed by atoms with Crippen molar-refractivity contribution in [1.82, 2.24) is 4.72 Å². The molecule has 0 saturated heterocycles. The molecule has 0 aliphatic heterocycles. The average molecular weight is 284 g/mol.